The number of nitrogens with zero attached hydrogens (tertiary/aromatic N) is 6. The van der Waals surface area contributed by atoms with Crippen molar-refractivity contribution in [1.82, 2.24) is 34.2 Å². The Morgan fingerprint density at radius 3 is 3.14 bits per heavy atom. The number of aryl methyl sites for hydroxylation is 1. The van der Waals surface area contributed by atoms with E-state index in [0.29, 0.717) is 18.9 Å². The van der Waals surface area contributed by atoms with Crippen LogP contribution in [0.15, 0.2) is 43.4 Å². The van der Waals surface area contributed by atoms with Crippen LogP contribution in [0.1, 0.15) is 25.8 Å². The largest absolute Gasteiger partial charge is 0.346 e. The van der Waals surface area contributed by atoms with E-state index in [2.05, 4.69) is 49.9 Å². The van der Waals surface area contributed by atoms with Crippen LogP contribution in [0.25, 0.3) is 21.9 Å². The summed E-state index contributed by atoms with van der Waals surface area (Å²) in [6, 6.07) is 4.45. The van der Waals surface area contributed by atoms with Crippen LogP contribution in [-0.2, 0) is 11.3 Å². The molecule has 4 aromatic heterocycles. The smallest absolute Gasteiger partial charge is 0.224 e. The maximum absolute atomic E-state index is 12.8. The Bertz CT molecular complexity index is 1110. The van der Waals surface area contributed by atoms with Gasteiger partial charge in [0.2, 0.25) is 5.91 Å². The van der Waals surface area contributed by atoms with Crippen LogP contribution < -0.4 is 0 Å². The van der Waals surface area contributed by atoms with Crippen molar-refractivity contribution < 1.29 is 4.79 Å². The molecule has 0 aromatic carbocycles. The number of aromatic amines is 1. The van der Waals surface area contributed by atoms with Crippen LogP contribution in [0, 0.1) is 5.92 Å². The molecule has 1 aliphatic heterocycles. The van der Waals surface area contributed by atoms with Crippen LogP contribution in [0.4, 0.5) is 0 Å². The lowest BCUT2D eigenvalue weighted by Crippen LogP contribution is -2.44. The molecule has 0 aliphatic carbocycles. The van der Waals surface area contributed by atoms with Gasteiger partial charge in [0.15, 0.2) is 0 Å². The number of hydrogen-bond donors (Lipinski definition) is 1. The van der Waals surface area contributed by atoms with E-state index in [1.807, 2.05) is 17.3 Å². The summed E-state index contributed by atoms with van der Waals surface area (Å²) in [7, 11) is 0. The average molecular weight is 377 g/mol. The summed E-state index contributed by atoms with van der Waals surface area (Å²) in [5.41, 5.74) is 2.09. The molecule has 1 aliphatic rings. The van der Waals surface area contributed by atoms with E-state index in [-0.39, 0.29) is 11.9 Å². The first kappa shape index (κ1) is 17.0. The topological polar surface area (TPSA) is 84.6 Å². The number of hydrogen-bond acceptors (Lipinski definition) is 4. The number of fused-ring (bicyclic) bond motifs is 3. The fourth-order valence-electron chi connectivity index (χ4n) is 4.28. The number of nitrogens with one attached hydrogen (secondary N) is 1. The van der Waals surface area contributed by atoms with Crippen molar-refractivity contribution in [3.05, 3.63) is 43.4 Å². The molecule has 1 saturated heterocycles. The zero-order valence-electron chi connectivity index (χ0n) is 15.8. The summed E-state index contributed by atoms with van der Waals surface area (Å²) in [4.78, 5) is 26.4. The number of carbonyl (C=O) groups excluding carboxylic acids is 1. The molecule has 0 radical (unpaired) electrons. The zero-order valence-corrected chi connectivity index (χ0v) is 15.8. The van der Waals surface area contributed by atoms with E-state index in [9.17, 15) is 4.79 Å². The van der Waals surface area contributed by atoms with Crippen molar-refractivity contribution in [2.75, 3.05) is 13.1 Å². The molecule has 5 rings (SSSR count). The quantitative estimate of drug-likeness (QED) is 0.592. The second-order valence-electron chi connectivity index (χ2n) is 7.61. The van der Waals surface area contributed by atoms with E-state index in [0.717, 1.165) is 35.9 Å². The fraction of sp³-hybridized carbons (Fsp3) is 0.400. The van der Waals surface area contributed by atoms with Gasteiger partial charge in [-0.1, -0.05) is 6.92 Å². The van der Waals surface area contributed by atoms with Gasteiger partial charge >= 0.3 is 0 Å². The third kappa shape index (κ3) is 2.85. The standard InChI is InChI=1S/C20H23N7O/c1-14-3-7-25(18(28)5-8-26-13-21-12-24-26)11-17(14)27-9-4-15-10-23-20-16(19(15)27)2-6-22-20/h2,4,6,9-10,12-14,17H,3,5,7-8,11H2,1H3,(H,22,23)/t14-,17+/m1/s1. The van der Waals surface area contributed by atoms with Crippen LogP contribution >= 0.6 is 0 Å². The van der Waals surface area contributed by atoms with Crippen LogP contribution in [0.5, 0.6) is 0 Å². The molecule has 4 aromatic rings. The molecule has 1 fully saturated rings. The van der Waals surface area contributed by atoms with E-state index in [4.69, 9.17) is 0 Å². The van der Waals surface area contributed by atoms with Gasteiger partial charge in [-0.2, -0.15) is 5.10 Å². The second kappa shape index (κ2) is 6.78. The molecular weight excluding hydrogens is 354 g/mol. The number of piperidine rings is 1. The zero-order chi connectivity index (χ0) is 19.1. The molecule has 2 atom stereocenters. The van der Waals surface area contributed by atoms with Crippen LogP contribution in [0.2, 0.25) is 0 Å². The molecule has 8 heteroatoms. The molecule has 0 unspecified atom stereocenters. The normalized spacial score (nSPS) is 20.2. The molecule has 1 N–H and O–H groups in total. The van der Waals surface area contributed by atoms with E-state index in [1.165, 1.54) is 11.8 Å². The number of amides is 1. The highest BCUT2D eigenvalue weighted by atomic mass is 16.2. The Hall–Kier alpha value is -3.16. The third-order valence-corrected chi connectivity index (χ3v) is 5.91. The highest BCUT2D eigenvalue weighted by Crippen LogP contribution is 2.33. The summed E-state index contributed by atoms with van der Waals surface area (Å²) in [5.74, 6) is 0.675. The van der Waals surface area contributed by atoms with Gasteiger partial charge in [-0.25, -0.2) is 9.97 Å². The number of pyridine rings is 1. The highest BCUT2D eigenvalue weighted by Gasteiger charge is 2.30. The van der Waals surface area contributed by atoms with Gasteiger partial charge in [0.05, 0.1) is 18.1 Å². The van der Waals surface area contributed by atoms with Crippen molar-refractivity contribution in [3.63, 3.8) is 0 Å². The number of carbonyl (C=O) groups is 1. The first-order valence-corrected chi connectivity index (χ1v) is 9.73. The van der Waals surface area contributed by atoms with Gasteiger partial charge in [0, 0.05) is 48.9 Å². The summed E-state index contributed by atoms with van der Waals surface area (Å²) in [5, 5.41) is 6.34. The van der Waals surface area contributed by atoms with E-state index in [1.54, 1.807) is 11.0 Å². The van der Waals surface area contributed by atoms with Gasteiger partial charge in [-0.15, -0.1) is 0 Å². The fourth-order valence-corrected chi connectivity index (χ4v) is 4.28. The summed E-state index contributed by atoms with van der Waals surface area (Å²) in [6.45, 7) is 4.39. The van der Waals surface area contributed by atoms with Crippen molar-refractivity contribution in [3.8, 4) is 0 Å². The molecule has 28 heavy (non-hydrogen) atoms. The monoisotopic (exact) mass is 377 g/mol. The second-order valence-corrected chi connectivity index (χ2v) is 7.61. The first-order valence-electron chi connectivity index (χ1n) is 9.73. The number of H-pyrrole nitrogens is 1. The van der Waals surface area contributed by atoms with Crippen molar-refractivity contribution in [2.24, 2.45) is 5.92 Å². The van der Waals surface area contributed by atoms with Crippen LogP contribution in [0.3, 0.4) is 0 Å². The predicted molar refractivity (Wildman–Crippen MR) is 106 cm³/mol. The minimum Gasteiger partial charge on any atom is -0.346 e. The average Bonchev–Trinajstić information content (AvgIpc) is 3.45. The molecule has 0 saturated carbocycles. The predicted octanol–water partition coefficient (Wildman–Crippen LogP) is 2.61. The molecule has 5 heterocycles. The Balaban J connectivity index is 1.41. The lowest BCUT2D eigenvalue weighted by atomic mass is 9.92. The minimum atomic E-state index is 0.178. The summed E-state index contributed by atoms with van der Waals surface area (Å²) < 4.78 is 4.05. The lowest BCUT2D eigenvalue weighted by Gasteiger charge is -2.38. The van der Waals surface area contributed by atoms with Crippen molar-refractivity contribution in [2.45, 2.75) is 32.4 Å². The molecular formula is C20H23N7O. The van der Waals surface area contributed by atoms with Gasteiger partial charge in [-0.3, -0.25) is 9.48 Å². The van der Waals surface area contributed by atoms with Gasteiger partial charge in [-0.05, 0) is 24.5 Å². The number of rotatable bonds is 4. The Labute approximate surface area is 162 Å². The van der Waals surface area contributed by atoms with Gasteiger partial charge in [0.25, 0.3) is 0 Å². The van der Waals surface area contributed by atoms with Gasteiger partial charge < -0.3 is 14.5 Å². The Morgan fingerprint density at radius 2 is 2.29 bits per heavy atom. The SMILES string of the molecule is C[C@@H]1CCN(C(=O)CCn2cncn2)C[C@@H]1n1ccc2cnc3[nH]ccc3c21. The molecule has 8 nitrogen and oxygen atoms in total. The Kier molecular flexibility index (Phi) is 4.11. The lowest BCUT2D eigenvalue weighted by molar-refractivity contribution is -0.133. The number of likely N-dealkylation sites (tertiary alicyclic amines) is 1. The first-order chi connectivity index (χ1) is 13.7. The van der Waals surface area contributed by atoms with E-state index >= 15 is 0 Å². The maximum Gasteiger partial charge on any atom is 0.224 e. The van der Waals surface area contributed by atoms with Crippen molar-refractivity contribution in [1.29, 1.82) is 0 Å². The maximum atomic E-state index is 12.8. The highest BCUT2D eigenvalue weighted by molar-refractivity contribution is 6.02. The molecule has 1 amide bonds. The van der Waals surface area contributed by atoms with Gasteiger partial charge in [0.1, 0.15) is 18.3 Å². The van der Waals surface area contributed by atoms with Crippen molar-refractivity contribution >= 4 is 27.8 Å². The summed E-state index contributed by atoms with van der Waals surface area (Å²) in [6.07, 6.45) is 10.6. The minimum absolute atomic E-state index is 0.178. The molecule has 144 valence electrons. The van der Waals surface area contributed by atoms with E-state index < -0.39 is 0 Å². The van der Waals surface area contributed by atoms with Crippen LogP contribution in [-0.4, -0.2) is 53.2 Å². The Morgan fingerprint density at radius 1 is 1.36 bits per heavy atom. The molecule has 0 spiro atoms. The number of aromatic nitrogens is 6. The molecule has 0 bridgehead atoms. The summed E-state index contributed by atoms with van der Waals surface area (Å²) >= 11 is 0. The third-order valence-electron chi connectivity index (χ3n) is 5.91.